The molecule has 0 fully saturated rings. The van der Waals surface area contributed by atoms with Gasteiger partial charge in [0.15, 0.2) is 0 Å². The molecule has 0 heterocycles. The third kappa shape index (κ3) is 3.75. The molecule has 0 aliphatic heterocycles. The lowest BCUT2D eigenvalue weighted by Crippen LogP contribution is -2.16. The van der Waals surface area contributed by atoms with Crippen LogP contribution >= 0.6 is 27.5 Å². The summed E-state index contributed by atoms with van der Waals surface area (Å²) in [5, 5.41) is 11.5. The van der Waals surface area contributed by atoms with Crippen LogP contribution in [-0.2, 0) is 4.74 Å². The Morgan fingerprint density at radius 1 is 1.56 bits per heavy atom. The van der Waals surface area contributed by atoms with Gasteiger partial charge in [-0.15, -0.1) is 0 Å². The van der Waals surface area contributed by atoms with Crippen LogP contribution in [0, 0.1) is 0 Å². The summed E-state index contributed by atoms with van der Waals surface area (Å²) in [7, 11) is 0. The van der Waals surface area contributed by atoms with Gasteiger partial charge in [0.05, 0.1) is 16.3 Å². The summed E-state index contributed by atoms with van der Waals surface area (Å²) in [6.07, 6.45) is 0.627. The number of rotatable bonds is 4. The van der Waals surface area contributed by atoms with Gasteiger partial charge in [-0.05, 0) is 28.1 Å². The zero-order valence-electron chi connectivity index (χ0n) is 9.07. The van der Waals surface area contributed by atoms with Crippen LogP contribution in [0.5, 0.6) is 0 Å². The number of hydrogen-bond acceptors (Lipinski definition) is 3. The molecule has 0 saturated heterocycles. The smallest absolute Gasteiger partial charge is 0.411 e. The first-order valence-electron chi connectivity index (χ1n) is 4.72. The molecule has 0 spiro atoms. The van der Waals surface area contributed by atoms with Crippen molar-refractivity contribution in [3.63, 3.8) is 0 Å². The Morgan fingerprint density at radius 2 is 2.22 bits per heavy atom. The maximum absolute atomic E-state index is 11.3. The monoisotopic (exact) mass is 333 g/mol. The predicted molar refractivity (Wildman–Crippen MR) is 71.3 cm³/mol. The molecule has 18 heavy (non-hydrogen) atoms. The Hall–Kier alpha value is -1.53. The summed E-state index contributed by atoms with van der Waals surface area (Å²) in [6.45, 7) is 3.42. The van der Waals surface area contributed by atoms with Crippen molar-refractivity contribution in [1.82, 2.24) is 0 Å². The molecule has 0 aliphatic carbocycles. The van der Waals surface area contributed by atoms with E-state index in [1.54, 1.807) is 0 Å². The van der Waals surface area contributed by atoms with Crippen LogP contribution in [0.25, 0.3) is 0 Å². The topological polar surface area (TPSA) is 75.6 Å². The van der Waals surface area contributed by atoms with Crippen molar-refractivity contribution in [3.8, 4) is 0 Å². The van der Waals surface area contributed by atoms with Crippen molar-refractivity contribution in [2.45, 2.75) is 0 Å². The number of benzene rings is 1. The Morgan fingerprint density at radius 3 is 2.78 bits per heavy atom. The number of anilines is 1. The van der Waals surface area contributed by atoms with Crippen molar-refractivity contribution in [3.05, 3.63) is 39.8 Å². The SMILES string of the molecule is C=CCOC(=O)Nc1cc(Br)c(Cl)cc1C(=O)O. The lowest BCUT2D eigenvalue weighted by atomic mass is 10.2. The highest BCUT2D eigenvalue weighted by atomic mass is 79.9. The van der Waals surface area contributed by atoms with E-state index in [0.717, 1.165) is 0 Å². The van der Waals surface area contributed by atoms with Crippen molar-refractivity contribution < 1.29 is 19.4 Å². The molecule has 0 aliphatic rings. The zero-order valence-corrected chi connectivity index (χ0v) is 11.4. The van der Waals surface area contributed by atoms with Crippen molar-refractivity contribution in [1.29, 1.82) is 0 Å². The summed E-state index contributed by atoms with van der Waals surface area (Å²) in [6, 6.07) is 2.62. The highest BCUT2D eigenvalue weighted by molar-refractivity contribution is 9.10. The van der Waals surface area contributed by atoms with Crippen LogP contribution in [0.1, 0.15) is 10.4 Å². The largest absolute Gasteiger partial charge is 0.478 e. The number of carbonyl (C=O) groups is 2. The van der Waals surface area contributed by atoms with Gasteiger partial charge in [0.2, 0.25) is 0 Å². The molecule has 7 heteroatoms. The summed E-state index contributed by atoms with van der Waals surface area (Å²) >= 11 is 8.92. The summed E-state index contributed by atoms with van der Waals surface area (Å²) in [5.41, 5.74) is -0.0356. The van der Waals surface area contributed by atoms with Gasteiger partial charge >= 0.3 is 12.1 Å². The van der Waals surface area contributed by atoms with E-state index in [0.29, 0.717) is 4.47 Å². The number of halogens is 2. The predicted octanol–water partition coefficient (Wildman–Crippen LogP) is 3.54. The van der Waals surface area contributed by atoms with Crippen LogP contribution in [0.15, 0.2) is 29.3 Å². The van der Waals surface area contributed by atoms with E-state index in [9.17, 15) is 9.59 Å². The van der Waals surface area contributed by atoms with Crippen LogP contribution in [0.3, 0.4) is 0 Å². The average Bonchev–Trinajstić information content (AvgIpc) is 2.30. The van der Waals surface area contributed by atoms with Gasteiger partial charge in [0.1, 0.15) is 6.61 Å². The Balaban J connectivity index is 3.00. The molecular weight excluding hydrogens is 325 g/mol. The molecule has 0 radical (unpaired) electrons. The third-order valence-corrected chi connectivity index (χ3v) is 3.06. The maximum atomic E-state index is 11.3. The van der Waals surface area contributed by atoms with E-state index >= 15 is 0 Å². The first kappa shape index (κ1) is 14.5. The first-order chi connectivity index (χ1) is 8.45. The zero-order chi connectivity index (χ0) is 13.7. The van der Waals surface area contributed by atoms with Crippen molar-refractivity contribution in [2.75, 3.05) is 11.9 Å². The number of carboxylic acids is 1. The van der Waals surface area contributed by atoms with Gasteiger partial charge in [-0.2, -0.15) is 0 Å². The molecule has 0 bridgehead atoms. The van der Waals surface area contributed by atoms with E-state index in [4.69, 9.17) is 21.4 Å². The molecule has 96 valence electrons. The van der Waals surface area contributed by atoms with Crippen molar-refractivity contribution >= 4 is 45.3 Å². The first-order valence-corrected chi connectivity index (χ1v) is 5.89. The highest BCUT2D eigenvalue weighted by Crippen LogP contribution is 2.29. The van der Waals surface area contributed by atoms with E-state index in [1.807, 2.05) is 0 Å². The molecule has 2 N–H and O–H groups in total. The minimum absolute atomic E-state index is 0.0308. The van der Waals surface area contributed by atoms with E-state index in [2.05, 4.69) is 27.8 Å². The Labute approximate surface area is 117 Å². The van der Waals surface area contributed by atoms with Gasteiger partial charge in [-0.3, -0.25) is 5.32 Å². The Kier molecular flexibility index (Phi) is 5.18. The molecular formula is C11H9BrClNO4. The number of aromatic carboxylic acids is 1. The number of hydrogen-bond donors (Lipinski definition) is 2. The second kappa shape index (κ2) is 6.42. The van der Waals surface area contributed by atoms with Gasteiger partial charge in [0, 0.05) is 4.47 Å². The lowest BCUT2D eigenvalue weighted by Gasteiger charge is -2.09. The molecule has 1 amide bonds. The van der Waals surface area contributed by atoms with Crippen LogP contribution in [0.2, 0.25) is 5.02 Å². The number of nitrogens with one attached hydrogen (secondary N) is 1. The fraction of sp³-hybridized carbons (Fsp3) is 0.0909. The average molecular weight is 335 g/mol. The standard InChI is InChI=1S/C11H9BrClNO4/c1-2-3-18-11(17)14-9-5-7(12)8(13)4-6(9)10(15)16/h2,4-5H,1,3H2,(H,14,17)(H,15,16). The fourth-order valence-electron chi connectivity index (χ4n) is 1.11. The lowest BCUT2D eigenvalue weighted by molar-refractivity contribution is 0.0698. The number of amides is 1. The van der Waals surface area contributed by atoms with E-state index < -0.39 is 12.1 Å². The molecule has 1 aromatic carbocycles. The summed E-state index contributed by atoms with van der Waals surface area (Å²) in [4.78, 5) is 22.3. The van der Waals surface area contributed by atoms with E-state index in [1.165, 1.54) is 18.2 Å². The van der Waals surface area contributed by atoms with Gasteiger partial charge in [-0.1, -0.05) is 24.3 Å². The fourth-order valence-corrected chi connectivity index (χ4v) is 1.61. The van der Waals surface area contributed by atoms with Crippen LogP contribution in [-0.4, -0.2) is 23.8 Å². The number of carbonyl (C=O) groups excluding carboxylic acids is 1. The second-order valence-electron chi connectivity index (χ2n) is 3.13. The van der Waals surface area contributed by atoms with Gasteiger partial charge in [0.25, 0.3) is 0 Å². The van der Waals surface area contributed by atoms with Gasteiger partial charge < -0.3 is 9.84 Å². The second-order valence-corrected chi connectivity index (χ2v) is 4.39. The quantitative estimate of drug-likeness (QED) is 0.826. The molecule has 0 aromatic heterocycles. The maximum Gasteiger partial charge on any atom is 0.411 e. The number of ether oxygens (including phenoxy) is 1. The molecule has 0 unspecified atom stereocenters. The van der Waals surface area contributed by atoms with Crippen molar-refractivity contribution in [2.24, 2.45) is 0 Å². The molecule has 0 atom stereocenters. The summed E-state index contributed by atoms with van der Waals surface area (Å²) in [5.74, 6) is -1.21. The van der Waals surface area contributed by atoms with Gasteiger partial charge in [-0.25, -0.2) is 9.59 Å². The molecule has 1 aromatic rings. The molecule has 5 nitrogen and oxygen atoms in total. The highest BCUT2D eigenvalue weighted by Gasteiger charge is 2.15. The molecule has 0 saturated carbocycles. The third-order valence-electron chi connectivity index (χ3n) is 1.86. The number of carboxylic acid groups (broad SMARTS) is 1. The molecule has 1 rings (SSSR count). The van der Waals surface area contributed by atoms with Crippen LogP contribution in [0.4, 0.5) is 10.5 Å². The van der Waals surface area contributed by atoms with E-state index in [-0.39, 0.29) is 22.9 Å². The Bertz CT molecular complexity index is 504. The minimum atomic E-state index is -1.21. The summed E-state index contributed by atoms with van der Waals surface area (Å²) < 4.78 is 5.16. The minimum Gasteiger partial charge on any atom is -0.478 e. The van der Waals surface area contributed by atoms with Crippen LogP contribution < -0.4 is 5.32 Å². The normalized spacial score (nSPS) is 9.67.